The molecule has 0 amide bonds. The highest BCUT2D eigenvalue weighted by atomic mass is 35.5. The van der Waals surface area contributed by atoms with Gasteiger partial charge in [0, 0.05) is 11.1 Å². The number of nitrogens with one attached hydrogen (secondary N) is 1. The number of halogens is 1. The summed E-state index contributed by atoms with van der Waals surface area (Å²) in [5.41, 5.74) is 1.20. The first kappa shape index (κ1) is 16.5. The van der Waals surface area contributed by atoms with Crippen molar-refractivity contribution in [3.8, 4) is 11.5 Å². The van der Waals surface area contributed by atoms with Gasteiger partial charge in [-0.25, -0.2) is 8.42 Å². The summed E-state index contributed by atoms with van der Waals surface area (Å²) in [7, 11) is -0.821. The molecule has 2 rings (SSSR count). The highest BCUT2D eigenvalue weighted by Crippen LogP contribution is 2.30. The molecule has 0 heterocycles. The van der Waals surface area contributed by atoms with Crippen LogP contribution in [-0.4, -0.2) is 22.6 Å². The van der Waals surface area contributed by atoms with Gasteiger partial charge in [-0.3, -0.25) is 4.72 Å². The minimum atomic E-state index is -3.75. The molecule has 2 aromatic rings. The highest BCUT2D eigenvalue weighted by molar-refractivity contribution is 7.92. The predicted octanol–water partition coefficient (Wildman–Crippen LogP) is 3.47. The number of benzene rings is 2. The smallest absolute Gasteiger partial charge is 0.262 e. The third kappa shape index (κ3) is 3.45. The summed E-state index contributed by atoms with van der Waals surface area (Å²) in [5, 5.41) is 0.454. The van der Waals surface area contributed by atoms with E-state index in [0.717, 1.165) is 5.56 Å². The summed E-state index contributed by atoms with van der Waals surface area (Å²) < 4.78 is 37.7. The lowest BCUT2D eigenvalue weighted by Crippen LogP contribution is -2.14. The minimum Gasteiger partial charge on any atom is -0.493 e. The number of ether oxygens (including phenoxy) is 2. The third-order valence-corrected chi connectivity index (χ3v) is 4.71. The van der Waals surface area contributed by atoms with Crippen LogP contribution in [0, 0.1) is 6.92 Å². The van der Waals surface area contributed by atoms with Crippen molar-refractivity contribution in [2.24, 2.45) is 0 Å². The maximum Gasteiger partial charge on any atom is 0.262 e. The lowest BCUT2D eigenvalue weighted by molar-refractivity contribution is 0.354. The van der Waals surface area contributed by atoms with Gasteiger partial charge in [0.2, 0.25) is 0 Å². The van der Waals surface area contributed by atoms with E-state index in [1.807, 2.05) is 0 Å². The number of rotatable bonds is 5. The Labute approximate surface area is 134 Å². The monoisotopic (exact) mass is 341 g/mol. The molecular formula is C15H16ClNO4S. The zero-order valence-electron chi connectivity index (χ0n) is 12.4. The molecule has 5 nitrogen and oxygen atoms in total. The van der Waals surface area contributed by atoms with Crippen molar-refractivity contribution in [3.63, 3.8) is 0 Å². The van der Waals surface area contributed by atoms with Gasteiger partial charge >= 0.3 is 0 Å². The standard InChI is InChI=1S/C15H16ClNO4S/c1-10-4-5-11(16)8-13(10)17-22(18,19)12-6-7-14(20-2)15(9-12)21-3/h4-9,17H,1-3H3. The first-order valence-electron chi connectivity index (χ1n) is 6.38. The fraction of sp³-hybridized carbons (Fsp3) is 0.200. The van der Waals surface area contributed by atoms with E-state index >= 15 is 0 Å². The average molecular weight is 342 g/mol. The van der Waals surface area contributed by atoms with E-state index in [0.29, 0.717) is 22.2 Å². The zero-order valence-corrected chi connectivity index (χ0v) is 14.0. The normalized spacial score (nSPS) is 11.1. The predicted molar refractivity (Wildman–Crippen MR) is 86.5 cm³/mol. The van der Waals surface area contributed by atoms with Crippen molar-refractivity contribution in [2.75, 3.05) is 18.9 Å². The van der Waals surface area contributed by atoms with E-state index in [4.69, 9.17) is 21.1 Å². The maximum atomic E-state index is 12.5. The molecular weight excluding hydrogens is 326 g/mol. The summed E-state index contributed by atoms with van der Waals surface area (Å²) in [6, 6.07) is 9.40. The van der Waals surface area contributed by atoms with Crippen molar-refractivity contribution in [1.82, 2.24) is 0 Å². The Morgan fingerprint density at radius 2 is 1.68 bits per heavy atom. The van der Waals surface area contributed by atoms with Gasteiger partial charge in [0.25, 0.3) is 10.0 Å². The summed E-state index contributed by atoms with van der Waals surface area (Å²) in [4.78, 5) is 0.0736. The fourth-order valence-electron chi connectivity index (χ4n) is 1.89. The van der Waals surface area contributed by atoms with Crippen LogP contribution in [-0.2, 0) is 10.0 Å². The third-order valence-electron chi connectivity index (χ3n) is 3.11. The number of sulfonamides is 1. The molecule has 0 atom stereocenters. The molecule has 118 valence electrons. The van der Waals surface area contributed by atoms with E-state index in [1.165, 1.54) is 32.4 Å². The Balaban J connectivity index is 2.40. The van der Waals surface area contributed by atoms with Gasteiger partial charge in [0.1, 0.15) is 0 Å². The molecule has 7 heteroatoms. The summed E-state index contributed by atoms with van der Waals surface area (Å²) >= 11 is 5.91. The number of anilines is 1. The van der Waals surface area contributed by atoms with Crippen molar-refractivity contribution in [1.29, 1.82) is 0 Å². The molecule has 0 spiro atoms. The fourth-order valence-corrected chi connectivity index (χ4v) is 3.20. The van der Waals surface area contributed by atoms with Gasteiger partial charge in [-0.1, -0.05) is 17.7 Å². The summed E-state index contributed by atoms with van der Waals surface area (Å²) in [5.74, 6) is 0.800. The molecule has 1 N–H and O–H groups in total. The zero-order chi connectivity index (χ0) is 16.3. The first-order valence-corrected chi connectivity index (χ1v) is 8.24. The Kier molecular flexibility index (Phi) is 4.83. The molecule has 0 aromatic heterocycles. The topological polar surface area (TPSA) is 64.6 Å². The van der Waals surface area contributed by atoms with Crippen LogP contribution in [0.2, 0.25) is 5.02 Å². The molecule has 0 aliphatic rings. The van der Waals surface area contributed by atoms with Crippen LogP contribution >= 0.6 is 11.6 Å². The maximum absolute atomic E-state index is 12.5. The van der Waals surface area contributed by atoms with Crippen molar-refractivity contribution in [3.05, 3.63) is 47.0 Å². The second-order valence-electron chi connectivity index (χ2n) is 4.58. The molecule has 0 aliphatic heterocycles. The van der Waals surface area contributed by atoms with Crippen LogP contribution in [0.1, 0.15) is 5.56 Å². The van der Waals surface area contributed by atoms with E-state index in [-0.39, 0.29) is 4.90 Å². The molecule has 0 radical (unpaired) electrons. The Morgan fingerprint density at radius 1 is 1.00 bits per heavy atom. The van der Waals surface area contributed by atoms with Crippen LogP contribution in [0.3, 0.4) is 0 Å². The number of methoxy groups -OCH3 is 2. The number of hydrogen-bond donors (Lipinski definition) is 1. The van der Waals surface area contributed by atoms with Crippen LogP contribution in [0.25, 0.3) is 0 Å². The van der Waals surface area contributed by atoms with Crippen molar-refractivity contribution >= 4 is 27.3 Å². The number of hydrogen-bond acceptors (Lipinski definition) is 4. The van der Waals surface area contributed by atoms with Crippen LogP contribution in [0.4, 0.5) is 5.69 Å². The largest absolute Gasteiger partial charge is 0.493 e. The Bertz CT molecular complexity index is 790. The van der Waals surface area contributed by atoms with Crippen LogP contribution < -0.4 is 14.2 Å². The van der Waals surface area contributed by atoms with E-state index in [1.54, 1.807) is 25.1 Å². The SMILES string of the molecule is COc1ccc(S(=O)(=O)Nc2cc(Cl)ccc2C)cc1OC. The van der Waals surface area contributed by atoms with Gasteiger partial charge in [-0.15, -0.1) is 0 Å². The quantitative estimate of drug-likeness (QED) is 0.904. The van der Waals surface area contributed by atoms with Gasteiger partial charge < -0.3 is 9.47 Å². The Morgan fingerprint density at radius 3 is 2.32 bits per heavy atom. The molecule has 0 fully saturated rings. The van der Waals surface area contributed by atoms with E-state index in [2.05, 4.69) is 4.72 Å². The van der Waals surface area contributed by atoms with Gasteiger partial charge in [-0.2, -0.15) is 0 Å². The minimum absolute atomic E-state index is 0.0736. The van der Waals surface area contributed by atoms with Gasteiger partial charge in [0.05, 0.1) is 24.8 Å². The van der Waals surface area contributed by atoms with Crippen molar-refractivity contribution in [2.45, 2.75) is 11.8 Å². The molecule has 0 saturated carbocycles. The molecule has 0 unspecified atom stereocenters. The van der Waals surface area contributed by atoms with E-state index < -0.39 is 10.0 Å². The Hall–Kier alpha value is -1.92. The molecule has 2 aromatic carbocycles. The van der Waals surface area contributed by atoms with Crippen LogP contribution in [0.5, 0.6) is 11.5 Å². The average Bonchev–Trinajstić information content (AvgIpc) is 2.49. The number of aryl methyl sites for hydroxylation is 1. The molecule has 22 heavy (non-hydrogen) atoms. The van der Waals surface area contributed by atoms with Crippen LogP contribution in [0.15, 0.2) is 41.3 Å². The van der Waals surface area contributed by atoms with Gasteiger partial charge in [0.15, 0.2) is 11.5 Å². The second-order valence-corrected chi connectivity index (χ2v) is 6.70. The summed E-state index contributed by atoms with van der Waals surface area (Å²) in [6.45, 7) is 1.79. The highest BCUT2D eigenvalue weighted by Gasteiger charge is 2.18. The first-order chi connectivity index (χ1) is 10.4. The second kappa shape index (κ2) is 6.46. The van der Waals surface area contributed by atoms with Gasteiger partial charge in [-0.05, 0) is 36.8 Å². The molecule has 0 aliphatic carbocycles. The van der Waals surface area contributed by atoms with E-state index in [9.17, 15) is 8.42 Å². The lowest BCUT2D eigenvalue weighted by atomic mass is 10.2. The summed E-state index contributed by atoms with van der Waals surface area (Å²) in [6.07, 6.45) is 0. The molecule has 0 bridgehead atoms. The molecule has 0 saturated heterocycles. The van der Waals surface area contributed by atoms with Crippen molar-refractivity contribution < 1.29 is 17.9 Å². The lowest BCUT2D eigenvalue weighted by Gasteiger charge is -2.13.